The molecule has 0 amide bonds. The van der Waals surface area contributed by atoms with E-state index >= 15 is 0 Å². The van der Waals surface area contributed by atoms with Crippen molar-refractivity contribution in [2.45, 2.75) is 24.4 Å². The third kappa shape index (κ3) is 2.38. The topological polar surface area (TPSA) is 65.1 Å². The fourth-order valence-electron chi connectivity index (χ4n) is 2.19. The highest BCUT2D eigenvalue weighted by molar-refractivity contribution is 7.86. The standard InChI is InChI=1S/C9H17NO5S/c1-10(2)6-4-13-9-7(5-14-8(6)9)15-16(3,11)12/h6-9H,4-5H2,1-3H3/t6-,7+,8-,9-/m1/s1. The van der Waals surface area contributed by atoms with E-state index in [9.17, 15) is 8.42 Å². The molecule has 6 nitrogen and oxygen atoms in total. The van der Waals surface area contributed by atoms with E-state index in [1.807, 2.05) is 19.0 Å². The zero-order valence-electron chi connectivity index (χ0n) is 9.62. The fourth-order valence-corrected chi connectivity index (χ4v) is 2.81. The first-order valence-corrected chi connectivity index (χ1v) is 6.98. The van der Waals surface area contributed by atoms with Crippen molar-refractivity contribution in [1.82, 2.24) is 4.90 Å². The molecule has 0 aromatic carbocycles. The predicted octanol–water partition coefficient (Wildman–Crippen LogP) is -0.941. The van der Waals surface area contributed by atoms with Gasteiger partial charge in [-0.2, -0.15) is 8.42 Å². The summed E-state index contributed by atoms with van der Waals surface area (Å²) in [6.45, 7) is 0.818. The lowest BCUT2D eigenvalue weighted by molar-refractivity contribution is 0.0315. The highest BCUT2D eigenvalue weighted by atomic mass is 32.2. The number of hydrogen-bond acceptors (Lipinski definition) is 6. The van der Waals surface area contributed by atoms with Crippen molar-refractivity contribution in [3.63, 3.8) is 0 Å². The van der Waals surface area contributed by atoms with Gasteiger partial charge in [-0.15, -0.1) is 0 Å². The van der Waals surface area contributed by atoms with Crippen molar-refractivity contribution in [1.29, 1.82) is 0 Å². The van der Waals surface area contributed by atoms with E-state index in [1.54, 1.807) is 0 Å². The van der Waals surface area contributed by atoms with Crippen LogP contribution in [0, 0.1) is 0 Å². The Bertz CT molecular complexity index is 355. The Kier molecular flexibility index (Phi) is 3.24. The average Bonchev–Trinajstić information content (AvgIpc) is 2.65. The third-order valence-electron chi connectivity index (χ3n) is 2.94. The molecule has 94 valence electrons. The zero-order valence-corrected chi connectivity index (χ0v) is 10.4. The van der Waals surface area contributed by atoms with Crippen molar-refractivity contribution in [3.05, 3.63) is 0 Å². The van der Waals surface area contributed by atoms with Crippen molar-refractivity contribution in [2.75, 3.05) is 33.6 Å². The first-order valence-electron chi connectivity index (χ1n) is 5.16. The average molecular weight is 251 g/mol. The van der Waals surface area contributed by atoms with Crippen LogP contribution in [0.5, 0.6) is 0 Å². The fraction of sp³-hybridized carbons (Fsp3) is 1.00. The third-order valence-corrected chi connectivity index (χ3v) is 3.54. The van der Waals surface area contributed by atoms with Crippen molar-refractivity contribution >= 4 is 10.1 Å². The summed E-state index contributed by atoms with van der Waals surface area (Å²) < 4.78 is 38.1. The Labute approximate surface area is 95.6 Å². The minimum Gasteiger partial charge on any atom is -0.371 e. The number of fused-ring (bicyclic) bond motifs is 1. The van der Waals surface area contributed by atoms with Crippen LogP contribution in [0.25, 0.3) is 0 Å². The number of nitrogens with zero attached hydrogens (tertiary/aromatic N) is 1. The Morgan fingerprint density at radius 1 is 1.19 bits per heavy atom. The van der Waals surface area contributed by atoms with Gasteiger partial charge in [0.2, 0.25) is 0 Å². The van der Waals surface area contributed by atoms with Crippen LogP contribution in [0.15, 0.2) is 0 Å². The summed E-state index contributed by atoms with van der Waals surface area (Å²) in [5.41, 5.74) is 0. The highest BCUT2D eigenvalue weighted by Crippen LogP contribution is 2.31. The van der Waals surface area contributed by atoms with Gasteiger partial charge < -0.3 is 14.4 Å². The first-order chi connectivity index (χ1) is 7.38. The summed E-state index contributed by atoms with van der Waals surface area (Å²) in [5.74, 6) is 0. The minimum atomic E-state index is -3.46. The van der Waals surface area contributed by atoms with Gasteiger partial charge in [0.15, 0.2) is 0 Å². The molecule has 0 aromatic heterocycles. The summed E-state index contributed by atoms with van der Waals surface area (Å²) in [4.78, 5) is 2.02. The van der Waals surface area contributed by atoms with Gasteiger partial charge >= 0.3 is 0 Å². The molecule has 4 atom stereocenters. The molecule has 2 fully saturated rings. The molecule has 0 saturated carbocycles. The SMILES string of the molecule is CN(C)[C@@H]1CO[C@H]2[C@@H]1OC[C@@H]2OS(C)(=O)=O. The van der Waals surface area contributed by atoms with Crippen LogP contribution in [0.3, 0.4) is 0 Å². The molecule has 2 rings (SSSR count). The van der Waals surface area contributed by atoms with Crippen LogP contribution in [0.4, 0.5) is 0 Å². The van der Waals surface area contributed by atoms with E-state index in [0.717, 1.165) is 6.26 Å². The lowest BCUT2D eigenvalue weighted by atomic mass is 10.1. The number of rotatable bonds is 3. The summed E-state index contributed by atoms with van der Waals surface area (Å²) in [5, 5.41) is 0. The Morgan fingerprint density at radius 2 is 1.81 bits per heavy atom. The van der Waals surface area contributed by atoms with Crippen LogP contribution < -0.4 is 0 Å². The van der Waals surface area contributed by atoms with Gasteiger partial charge in [0.1, 0.15) is 18.3 Å². The number of ether oxygens (including phenoxy) is 2. The maximum absolute atomic E-state index is 11.0. The van der Waals surface area contributed by atoms with Gasteiger partial charge in [-0.3, -0.25) is 4.18 Å². The zero-order chi connectivity index (χ0) is 11.9. The molecular formula is C9H17NO5S. The van der Waals surface area contributed by atoms with Gasteiger partial charge in [0.05, 0.1) is 25.5 Å². The van der Waals surface area contributed by atoms with Gasteiger partial charge in [0.25, 0.3) is 10.1 Å². The summed E-state index contributed by atoms with van der Waals surface area (Å²) in [6, 6.07) is 0.165. The van der Waals surface area contributed by atoms with Crippen molar-refractivity contribution < 1.29 is 22.1 Å². The normalized spacial score (nSPS) is 39.2. The summed E-state index contributed by atoms with van der Waals surface area (Å²) >= 11 is 0. The Balaban J connectivity index is 2.03. The lowest BCUT2D eigenvalue weighted by Gasteiger charge is -2.22. The highest BCUT2D eigenvalue weighted by Gasteiger charge is 2.49. The molecule has 2 saturated heterocycles. The van der Waals surface area contributed by atoms with Gasteiger partial charge in [-0.25, -0.2) is 0 Å². The maximum atomic E-state index is 11.0. The van der Waals surface area contributed by atoms with E-state index in [-0.39, 0.29) is 24.9 Å². The second kappa shape index (κ2) is 4.23. The van der Waals surface area contributed by atoms with Crippen LogP contribution in [0.1, 0.15) is 0 Å². The quantitative estimate of drug-likeness (QED) is 0.603. The van der Waals surface area contributed by atoms with E-state index in [0.29, 0.717) is 6.61 Å². The molecule has 0 unspecified atom stereocenters. The molecule has 0 spiro atoms. The number of hydrogen-bond donors (Lipinski definition) is 0. The second-order valence-electron chi connectivity index (χ2n) is 4.47. The van der Waals surface area contributed by atoms with Gasteiger partial charge in [0, 0.05) is 0 Å². The molecule has 0 N–H and O–H groups in total. The molecule has 2 heterocycles. The molecule has 16 heavy (non-hydrogen) atoms. The molecule has 0 radical (unpaired) electrons. The van der Waals surface area contributed by atoms with Gasteiger partial charge in [-0.05, 0) is 14.1 Å². The Morgan fingerprint density at radius 3 is 2.38 bits per heavy atom. The first kappa shape index (κ1) is 12.3. The summed E-state index contributed by atoms with van der Waals surface area (Å²) in [6.07, 6.45) is 0.160. The lowest BCUT2D eigenvalue weighted by Crippen LogP contribution is -2.40. The molecule has 2 aliphatic heterocycles. The van der Waals surface area contributed by atoms with Gasteiger partial charge in [-0.1, -0.05) is 0 Å². The molecule has 0 aromatic rings. The molecule has 0 bridgehead atoms. The molecular weight excluding hydrogens is 234 g/mol. The molecule has 7 heteroatoms. The monoisotopic (exact) mass is 251 g/mol. The minimum absolute atomic E-state index is 0.0956. The van der Waals surface area contributed by atoms with E-state index in [2.05, 4.69) is 0 Å². The van der Waals surface area contributed by atoms with E-state index < -0.39 is 16.2 Å². The largest absolute Gasteiger partial charge is 0.371 e. The predicted molar refractivity (Wildman–Crippen MR) is 56.7 cm³/mol. The van der Waals surface area contributed by atoms with Crippen LogP contribution >= 0.6 is 0 Å². The van der Waals surface area contributed by atoms with E-state index in [4.69, 9.17) is 13.7 Å². The van der Waals surface area contributed by atoms with E-state index in [1.165, 1.54) is 0 Å². The van der Waals surface area contributed by atoms with Crippen LogP contribution in [0.2, 0.25) is 0 Å². The van der Waals surface area contributed by atoms with Crippen molar-refractivity contribution in [2.24, 2.45) is 0 Å². The number of likely N-dealkylation sites (N-methyl/N-ethyl adjacent to an activating group) is 1. The van der Waals surface area contributed by atoms with Crippen LogP contribution in [-0.2, 0) is 23.8 Å². The molecule has 0 aliphatic carbocycles. The second-order valence-corrected chi connectivity index (χ2v) is 6.07. The summed E-state index contributed by atoms with van der Waals surface area (Å²) in [7, 11) is 0.440. The maximum Gasteiger partial charge on any atom is 0.264 e. The Hall–Kier alpha value is -0.210. The smallest absolute Gasteiger partial charge is 0.264 e. The molecule has 2 aliphatic rings. The van der Waals surface area contributed by atoms with Crippen LogP contribution in [-0.4, -0.2) is 71.2 Å². The van der Waals surface area contributed by atoms with Crippen molar-refractivity contribution in [3.8, 4) is 0 Å².